The lowest BCUT2D eigenvalue weighted by atomic mass is 9.93. The molecule has 0 aromatic carbocycles. The van der Waals surface area contributed by atoms with E-state index in [9.17, 15) is 9.90 Å². The summed E-state index contributed by atoms with van der Waals surface area (Å²) in [5, 5.41) is 13.0. The molecule has 2 N–H and O–H groups in total. The zero-order valence-corrected chi connectivity index (χ0v) is 11.9. The molecule has 4 heteroatoms. The van der Waals surface area contributed by atoms with Gasteiger partial charge in [-0.15, -0.1) is 0 Å². The first-order chi connectivity index (χ1) is 9.13. The maximum absolute atomic E-state index is 11.9. The third kappa shape index (κ3) is 3.38. The van der Waals surface area contributed by atoms with E-state index in [1.54, 1.807) is 0 Å². The number of amides is 1. The molecule has 106 valence electrons. The van der Waals surface area contributed by atoms with E-state index in [0.717, 1.165) is 37.7 Å². The van der Waals surface area contributed by atoms with Crippen LogP contribution in [0, 0.1) is 0 Å². The van der Waals surface area contributed by atoms with Gasteiger partial charge in [-0.25, -0.2) is 0 Å². The molecule has 1 unspecified atom stereocenters. The summed E-state index contributed by atoms with van der Waals surface area (Å²) in [6, 6.07) is 0.267. The van der Waals surface area contributed by atoms with Crippen molar-refractivity contribution in [3.05, 3.63) is 23.5 Å². The van der Waals surface area contributed by atoms with E-state index in [1.807, 2.05) is 17.0 Å². The van der Waals surface area contributed by atoms with Crippen LogP contribution in [0.3, 0.4) is 0 Å². The summed E-state index contributed by atoms with van der Waals surface area (Å²) < 4.78 is 1.90. The van der Waals surface area contributed by atoms with Crippen LogP contribution in [0.15, 0.2) is 12.4 Å². The van der Waals surface area contributed by atoms with Gasteiger partial charge in [0.15, 0.2) is 0 Å². The van der Waals surface area contributed by atoms with Crippen molar-refractivity contribution in [1.29, 1.82) is 0 Å². The first kappa shape index (κ1) is 14.1. The second kappa shape index (κ2) is 6.24. The molecule has 2 rings (SSSR count). The van der Waals surface area contributed by atoms with Crippen LogP contribution in [0.4, 0.5) is 0 Å². The fourth-order valence-corrected chi connectivity index (χ4v) is 2.75. The lowest BCUT2D eigenvalue weighted by Gasteiger charge is -2.16. The van der Waals surface area contributed by atoms with Crippen molar-refractivity contribution in [3.63, 3.8) is 0 Å². The zero-order chi connectivity index (χ0) is 13.8. The fraction of sp³-hybridized carbons (Fsp3) is 0.667. The number of aryl methyl sites for hydroxylation is 1. The Labute approximate surface area is 114 Å². The minimum atomic E-state index is -0.355. The summed E-state index contributed by atoms with van der Waals surface area (Å²) in [5.74, 6) is 0.0514. The van der Waals surface area contributed by atoms with Crippen molar-refractivity contribution in [2.75, 3.05) is 0 Å². The van der Waals surface area contributed by atoms with Crippen molar-refractivity contribution in [2.45, 2.75) is 64.6 Å². The maximum atomic E-state index is 11.9. The Kier molecular flexibility index (Phi) is 4.64. The van der Waals surface area contributed by atoms with E-state index in [0.29, 0.717) is 6.54 Å². The summed E-state index contributed by atoms with van der Waals surface area (Å²) in [5.41, 5.74) is 2.19. The van der Waals surface area contributed by atoms with Crippen LogP contribution in [0.1, 0.15) is 56.8 Å². The van der Waals surface area contributed by atoms with Gasteiger partial charge >= 0.3 is 0 Å². The molecule has 1 aliphatic rings. The molecule has 0 bridgehead atoms. The molecule has 0 spiro atoms. The number of fused-ring (bicyclic) bond motifs is 1. The van der Waals surface area contributed by atoms with E-state index in [2.05, 4.69) is 19.2 Å². The number of nitrogens with one attached hydrogen (secondary N) is 1. The second-order valence-electron chi connectivity index (χ2n) is 5.40. The standard InChI is InChI=1S/C15H24N2O2/c1-3-12(4-2)16-15(19)10-17-8-11-6-5-7-14(18)13(11)9-17/h8-9,12,14,18H,3-7,10H2,1-2H3,(H,16,19). The lowest BCUT2D eigenvalue weighted by molar-refractivity contribution is -0.122. The molecular weight excluding hydrogens is 240 g/mol. The topological polar surface area (TPSA) is 54.3 Å². The molecule has 0 saturated carbocycles. The molecule has 1 atom stereocenters. The number of aliphatic hydroxyl groups excluding tert-OH is 1. The van der Waals surface area contributed by atoms with Gasteiger partial charge in [0.1, 0.15) is 6.54 Å². The number of aromatic nitrogens is 1. The number of hydrogen-bond acceptors (Lipinski definition) is 2. The Morgan fingerprint density at radius 3 is 2.84 bits per heavy atom. The Bertz CT molecular complexity index is 435. The zero-order valence-electron chi connectivity index (χ0n) is 11.9. The average Bonchev–Trinajstić information content (AvgIpc) is 2.79. The van der Waals surface area contributed by atoms with Gasteiger partial charge in [-0.1, -0.05) is 13.8 Å². The number of carbonyl (C=O) groups is 1. The minimum Gasteiger partial charge on any atom is -0.388 e. The van der Waals surface area contributed by atoms with Crippen molar-refractivity contribution in [1.82, 2.24) is 9.88 Å². The second-order valence-corrected chi connectivity index (χ2v) is 5.40. The average molecular weight is 264 g/mol. The Morgan fingerprint density at radius 2 is 2.21 bits per heavy atom. The summed E-state index contributed by atoms with van der Waals surface area (Å²) in [7, 11) is 0. The van der Waals surface area contributed by atoms with Crippen LogP contribution < -0.4 is 5.32 Å². The van der Waals surface area contributed by atoms with Gasteiger partial charge in [-0.05, 0) is 37.7 Å². The maximum Gasteiger partial charge on any atom is 0.240 e. The van der Waals surface area contributed by atoms with Crippen LogP contribution in [-0.4, -0.2) is 21.6 Å². The van der Waals surface area contributed by atoms with E-state index < -0.39 is 0 Å². The minimum absolute atomic E-state index is 0.0514. The Morgan fingerprint density at radius 1 is 1.47 bits per heavy atom. The van der Waals surface area contributed by atoms with E-state index in [-0.39, 0.29) is 18.1 Å². The predicted octanol–water partition coefficient (Wildman–Crippen LogP) is 2.16. The lowest BCUT2D eigenvalue weighted by Crippen LogP contribution is -2.36. The van der Waals surface area contributed by atoms with Crippen LogP contribution >= 0.6 is 0 Å². The number of nitrogens with zero attached hydrogens (tertiary/aromatic N) is 1. The normalized spacial score (nSPS) is 18.4. The summed E-state index contributed by atoms with van der Waals surface area (Å²) >= 11 is 0. The van der Waals surface area contributed by atoms with Gasteiger partial charge in [0.05, 0.1) is 6.10 Å². The first-order valence-electron chi connectivity index (χ1n) is 7.30. The van der Waals surface area contributed by atoms with Crippen LogP contribution in [-0.2, 0) is 17.8 Å². The van der Waals surface area contributed by atoms with Crippen LogP contribution in [0.2, 0.25) is 0 Å². The van der Waals surface area contributed by atoms with Crippen LogP contribution in [0.25, 0.3) is 0 Å². The molecule has 19 heavy (non-hydrogen) atoms. The summed E-state index contributed by atoms with van der Waals surface area (Å²) in [6.45, 7) is 4.51. The van der Waals surface area contributed by atoms with Crippen LogP contribution in [0.5, 0.6) is 0 Å². The van der Waals surface area contributed by atoms with E-state index in [1.165, 1.54) is 5.56 Å². The molecule has 1 heterocycles. The Balaban J connectivity index is 1.98. The number of hydrogen-bond donors (Lipinski definition) is 2. The predicted molar refractivity (Wildman–Crippen MR) is 74.8 cm³/mol. The van der Waals surface area contributed by atoms with E-state index in [4.69, 9.17) is 0 Å². The highest BCUT2D eigenvalue weighted by Crippen LogP contribution is 2.30. The van der Waals surface area contributed by atoms with Gasteiger partial charge in [0, 0.05) is 24.0 Å². The quantitative estimate of drug-likeness (QED) is 0.856. The summed E-state index contributed by atoms with van der Waals surface area (Å²) in [4.78, 5) is 11.9. The first-order valence-corrected chi connectivity index (χ1v) is 7.30. The number of aliphatic hydroxyl groups is 1. The molecule has 1 aromatic heterocycles. The molecule has 1 aromatic rings. The van der Waals surface area contributed by atoms with Crippen molar-refractivity contribution in [2.24, 2.45) is 0 Å². The molecule has 0 saturated heterocycles. The summed E-state index contributed by atoms with van der Waals surface area (Å²) in [6.07, 6.45) is 8.36. The van der Waals surface area contributed by atoms with Gasteiger partial charge in [0.25, 0.3) is 0 Å². The third-order valence-corrected chi connectivity index (χ3v) is 3.96. The molecule has 0 fully saturated rings. The monoisotopic (exact) mass is 264 g/mol. The van der Waals surface area contributed by atoms with Crippen molar-refractivity contribution in [3.8, 4) is 0 Å². The Hall–Kier alpha value is -1.29. The van der Waals surface area contributed by atoms with Gasteiger partial charge in [-0.2, -0.15) is 0 Å². The highest BCUT2D eigenvalue weighted by Gasteiger charge is 2.20. The highest BCUT2D eigenvalue weighted by atomic mass is 16.3. The van der Waals surface area contributed by atoms with E-state index >= 15 is 0 Å². The molecule has 0 aliphatic heterocycles. The van der Waals surface area contributed by atoms with Crippen molar-refractivity contribution >= 4 is 5.91 Å². The molecule has 1 amide bonds. The van der Waals surface area contributed by atoms with Gasteiger partial charge in [-0.3, -0.25) is 4.79 Å². The molecule has 0 radical (unpaired) electrons. The third-order valence-electron chi connectivity index (χ3n) is 3.96. The van der Waals surface area contributed by atoms with Crippen molar-refractivity contribution < 1.29 is 9.90 Å². The largest absolute Gasteiger partial charge is 0.388 e. The molecule has 4 nitrogen and oxygen atoms in total. The smallest absolute Gasteiger partial charge is 0.240 e. The highest BCUT2D eigenvalue weighted by molar-refractivity contribution is 5.76. The molecule has 1 aliphatic carbocycles. The number of carbonyl (C=O) groups excluding carboxylic acids is 1. The SMILES string of the molecule is CCC(CC)NC(=O)Cn1cc2c(c1)C(O)CCC2. The van der Waals surface area contributed by atoms with Gasteiger partial charge in [0.2, 0.25) is 5.91 Å². The number of rotatable bonds is 5. The fourth-order valence-electron chi connectivity index (χ4n) is 2.75. The van der Waals surface area contributed by atoms with Gasteiger partial charge < -0.3 is 15.0 Å². The molecular formula is C15H24N2O2.